The summed E-state index contributed by atoms with van der Waals surface area (Å²) in [5, 5.41) is 6.45. The van der Waals surface area contributed by atoms with Crippen molar-refractivity contribution in [3.8, 4) is 5.75 Å². The van der Waals surface area contributed by atoms with Gasteiger partial charge in [-0.05, 0) is 25.0 Å². The minimum Gasteiger partial charge on any atom is -0.495 e. The van der Waals surface area contributed by atoms with Gasteiger partial charge in [-0.3, -0.25) is 19.4 Å². The quantitative estimate of drug-likeness (QED) is 0.610. The lowest BCUT2D eigenvalue weighted by molar-refractivity contribution is -0.123. The summed E-state index contributed by atoms with van der Waals surface area (Å²) >= 11 is 6.11. The summed E-state index contributed by atoms with van der Waals surface area (Å²) in [4.78, 5) is 28.6. The van der Waals surface area contributed by atoms with E-state index in [1.807, 2.05) is 13.0 Å². The van der Waals surface area contributed by atoms with Gasteiger partial charge in [0.15, 0.2) is 0 Å². The number of carbonyl (C=O) groups is 2. The highest BCUT2D eigenvalue weighted by atomic mass is 35.5. The first-order chi connectivity index (χ1) is 13.4. The molecule has 2 amide bonds. The van der Waals surface area contributed by atoms with Crippen molar-refractivity contribution in [3.63, 3.8) is 0 Å². The van der Waals surface area contributed by atoms with Crippen molar-refractivity contribution in [3.05, 3.63) is 22.7 Å². The van der Waals surface area contributed by atoms with Crippen LogP contribution in [0.1, 0.15) is 25.3 Å². The topological polar surface area (TPSA) is 73.9 Å². The molecule has 0 unspecified atom stereocenters. The Bertz CT molecular complexity index is 676. The normalized spacial score (nSPS) is 15.3. The van der Waals surface area contributed by atoms with Gasteiger partial charge in [0.1, 0.15) is 5.75 Å². The third kappa shape index (κ3) is 6.96. The van der Waals surface area contributed by atoms with Gasteiger partial charge in [0, 0.05) is 43.8 Å². The summed E-state index contributed by atoms with van der Waals surface area (Å²) in [6.07, 6.45) is 2.08. The smallest absolute Gasteiger partial charge is 0.238 e. The molecule has 1 aliphatic heterocycles. The van der Waals surface area contributed by atoms with Gasteiger partial charge < -0.3 is 15.4 Å². The Morgan fingerprint density at radius 3 is 2.29 bits per heavy atom. The van der Waals surface area contributed by atoms with Crippen molar-refractivity contribution in [2.45, 2.75) is 26.7 Å². The van der Waals surface area contributed by atoms with Gasteiger partial charge in [0.05, 0.1) is 25.9 Å². The average molecular weight is 411 g/mol. The summed E-state index contributed by atoms with van der Waals surface area (Å²) in [5.74, 6) is 0.526. The fourth-order valence-electron chi connectivity index (χ4n) is 3.09. The second-order valence-corrected chi connectivity index (χ2v) is 7.51. The molecule has 0 radical (unpaired) electrons. The molecule has 0 spiro atoms. The first-order valence-electron chi connectivity index (χ1n) is 9.78. The molecule has 8 heteroatoms. The minimum atomic E-state index is -0.0919. The van der Waals surface area contributed by atoms with Crippen LogP contribution >= 0.6 is 11.6 Å². The highest BCUT2D eigenvalue weighted by Crippen LogP contribution is 2.30. The number of ether oxygens (including phenoxy) is 1. The van der Waals surface area contributed by atoms with Crippen molar-refractivity contribution in [2.24, 2.45) is 0 Å². The molecule has 1 fully saturated rings. The van der Waals surface area contributed by atoms with Gasteiger partial charge >= 0.3 is 0 Å². The number of amides is 2. The van der Waals surface area contributed by atoms with Crippen LogP contribution in [0.3, 0.4) is 0 Å². The number of anilines is 1. The number of aryl methyl sites for hydroxylation is 1. The van der Waals surface area contributed by atoms with Crippen molar-refractivity contribution >= 4 is 29.1 Å². The lowest BCUT2D eigenvalue weighted by Crippen LogP contribution is -2.51. The lowest BCUT2D eigenvalue weighted by atomic mass is 10.2. The molecule has 2 N–H and O–H groups in total. The van der Waals surface area contributed by atoms with Crippen LogP contribution in [0, 0.1) is 6.92 Å². The Labute approximate surface area is 172 Å². The summed E-state index contributed by atoms with van der Waals surface area (Å²) in [7, 11) is 1.55. The lowest BCUT2D eigenvalue weighted by Gasteiger charge is -2.33. The first-order valence-corrected chi connectivity index (χ1v) is 10.2. The van der Waals surface area contributed by atoms with Gasteiger partial charge in [-0.25, -0.2) is 0 Å². The zero-order valence-corrected chi connectivity index (χ0v) is 17.8. The standard InChI is InChI=1S/C20H31ClN4O3/c1-4-5-6-22-19(26)13-24-7-9-25(10-8-24)14-20(27)23-17-11-15(2)16(21)12-18(17)28-3/h11-12H,4-10,13-14H2,1-3H3,(H,22,26)(H,23,27). The molecule has 0 aromatic heterocycles. The highest BCUT2D eigenvalue weighted by molar-refractivity contribution is 6.31. The second-order valence-electron chi connectivity index (χ2n) is 7.11. The van der Waals surface area contributed by atoms with Crippen LogP contribution in [0.2, 0.25) is 5.02 Å². The van der Waals surface area contributed by atoms with Crippen molar-refractivity contribution < 1.29 is 14.3 Å². The molecule has 0 atom stereocenters. The van der Waals surface area contributed by atoms with Crippen molar-refractivity contribution in [1.29, 1.82) is 0 Å². The van der Waals surface area contributed by atoms with Crippen LogP contribution in [-0.2, 0) is 9.59 Å². The van der Waals surface area contributed by atoms with Gasteiger partial charge in [0.25, 0.3) is 0 Å². The highest BCUT2D eigenvalue weighted by Gasteiger charge is 2.21. The molecule has 156 valence electrons. The van der Waals surface area contributed by atoms with E-state index in [9.17, 15) is 9.59 Å². The molecule has 1 aromatic carbocycles. The van der Waals surface area contributed by atoms with Crippen LogP contribution in [0.15, 0.2) is 12.1 Å². The van der Waals surface area contributed by atoms with E-state index in [0.29, 0.717) is 29.5 Å². The largest absolute Gasteiger partial charge is 0.495 e. The number of methoxy groups -OCH3 is 1. The zero-order valence-electron chi connectivity index (χ0n) is 17.0. The number of nitrogens with zero attached hydrogens (tertiary/aromatic N) is 2. The Morgan fingerprint density at radius 2 is 1.71 bits per heavy atom. The summed E-state index contributed by atoms with van der Waals surface area (Å²) in [6.45, 7) is 8.52. The number of halogens is 1. The third-order valence-electron chi connectivity index (χ3n) is 4.81. The van der Waals surface area contributed by atoms with Crippen LogP contribution in [0.25, 0.3) is 0 Å². The van der Waals surface area contributed by atoms with Crippen LogP contribution in [0.4, 0.5) is 5.69 Å². The number of hydrogen-bond donors (Lipinski definition) is 2. The fourth-order valence-corrected chi connectivity index (χ4v) is 3.25. The molecule has 7 nitrogen and oxygen atoms in total. The molecule has 0 bridgehead atoms. The summed E-state index contributed by atoms with van der Waals surface area (Å²) in [5.41, 5.74) is 1.50. The summed E-state index contributed by atoms with van der Waals surface area (Å²) < 4.78 is 5.30. The number of rotatable bonds is 9. The van der Waals surface area contributed by atoms with Crippen molar-refractivity contribution in [2.75, 3.05) is 58.2 Å². The number of hydrogen-bond acceptors (Lipinski definition) is 5. The maximum Gasteiger partial charge on any atom is 0.238 e. The van der Waals surface area contributed by atoms with E-state index in [1.165, 1.54) is 0 Å². The van der Waals surface area contributed by atoms with Gasteiger partial charge in [-0.2, -0.15) is 0 Å². The Kier molecular flexibility index (Phi) is 9.02. The Morgan fingerprint density at radius 1 is 1.11 bits per heavy atom. The SMILES string of the molecule is CCCCNC(=O)CN1CCN(CC(=O)Nc2cc(C)c(Cl)cc2OC)CC1. The zero-order chi connectivity index (χ0) is 20.5. The maximum absolute atomic E-state index is 12.4. The van der Waals surface area contributed by atoms with E-state index >= 15 is 0 Å². The molecular formula is C20H31ClN4O3. The van der Waals surface area contributed by atoms with Crippen LogP contribution in [-0.4, -0.2) is 74.5 Å². The van der Waals surface area contributed by atoms with Gasteiger partial charge in [-0.15, -0.1) is 0 Å². The van der Waals surface area contributed by atoms with E-state index in [1.54, 1.807) is 13.2 Å². The second kappa shape index (κ2) is 11.2. The predicted molar refractivity (Wildman–Crippen MR) is 112 cm³/mol. The third-order valence-corrected chi connectivity index (χ3v) is 5.21. The molecule has 1 saturated heterocycles. The number of carbonyl (C=O) groups excluding carboxylic acids is 2. The molecule has 2 rings (SSSR count). The number of benzene rings is 1. The maximum atomic E-state index is 12.4. The summed E-state index contributed by atoms with van der Waals surface area (Å²) in [6, 6.07) is 3.52. The average Bonchev–Trinajstić information content (AvgIpc) is 2.66. The molecule has 0 aliphatic carbocycles. The van der Waals surface area contributed by atoms with E-state index in [4.69, 9.17) is 16.3 Å². The Hall–Kier alpha value is -1.83. The van der Waals surface area contributed by atoms with Gasteiger partial charge in [-0.1, -0.05) is 24.9 Å². The van der Waals surface area contributed by atoms with E-state index in [0.717, 1.165) is 51.1 Å². The molecular weight excluding hydrogens is 380 g/mol. The fraction of sp³-hybridized carbons (Fsp3) is 0.600. The van der Waals surface area contributed by atoms with E-state index < -0.39 is 0 Å². The van der Waals surface area contributed by atoms with Crippen LogP contribution < -0.4 is 15.4 Å². The molecule has 1 heterocycles. The Balaban J connectivity index is 1.76. The van der Waals surface area contributed by atoms with Crippen molar-refractivity contribution in [1.82, 2.24) is 15.1 Å². The molecule has 1 aromatic rings. The van der Waals surface area contributed by atoms with Crippen LogP contribution in [0.5, 0.6) is 5.75 Å². The molecule has 1 aliphatic rings. The molecule has 28 heavy (non-hydrogen) atoms. The predicted octanol–water partition coefficient (Wildman–Crippen LogP) is 2.13. The first kappa shape index (κ1) is 22.5. The monoisotopic (exact) mass is 410 g/mol. The number of piperazine rings is 1. The number of nitrogens with one attached hydrogen (secondary N) is 2. The minimum absolute atomic E-state index is 0.0739. The van der Waals surface area contributed by atoms with E-state index in [-0.39, 0.29) is 11.8 Å². The molecule has 0 saturated carbocycles. The number of unbranched alkanes of at least 4 members (excludes halogenated alkanes) is 1. The van der Waals surface area contributed by atoms with E-state index in [2.05, 4.69) is 27.4 Å². The van der Waals surface area contributed by atoms with Gasteiger partial charge in [0.2, 0.25) is 11.8 Å².